The summed E-state index contributed by atoms with van der Waals surface area (Å²) < 4.78 is 6.89. The molecule has 0 saturated heterocycles. The Bertz CT molecular complexity index is 681. The van der Waals surface area contributed by atoms with E-state index < -0.39 is 5.97 Å². The standard InChI is InChI=1S/C14H12ClNO4/c15-10-4-3-5-11(13(10)14(18)19)20-9-8-16-7-2-1-6-12(16)17/h1-7H,8-9H2,(H,18,19). The van der Waals surface area contributed by atoms with Crippen molar-refractivity contribution in [2.45, 2.75) is 6.54 Å². The van der Waals surface area contributed by atoms with Gasteiger partial charge in [0.2, 0.25) is 0 Å². The van der Waals surface area contributed by atoms with Gasteiger partial charge in [0, 0.05) is 12.3 Å². The Kier molecular flexibility index (Phi) is 4.42. The number of carbonyl (C=O) groups is 1. The van der Waals surface area contributed by atoms with E-state index in [1.807, 2.05) is 0 Å². The molecule has 0 aliphatic rings. The van der Waals surface area contributed by atoms with E-state index in [0.29, 0.717) is 6.54 Å². The van der Waals surface area contributed by atoms with Crippen LogP contribution >= 0.6 is 11.6 Å². The van der Waals surface area contributed by atoms with Crippen LogP contribution in [0.25, 0.3) is 0 Å². The van der Waals surface area contributed by atoms with E-state index in [9.17, 15) is 9.59 Å². The van der Waals surface area contributed by atoms with Crippen molar-refractivity contribution in [2.75, 3.05) is 6.61 Å². The van der Waals surface area contributed by atoms with E-state index in [-0.39, 0.29) is 28.5 Å². The molecule has 0 unspecified atom stereocenters. The van der Waals surface area contributed by atoms with Gasteiger partial charge < -0.3 is 14.4 Å². The first-order chi connectivity index (χ1) is 9.59. The number of carboxylic acids is 1. The molecule has 1 aromatic carbocycles. The summed E-state index contributed by atoms with van der Waals surface area (Å²) in [7, 11) is 0. The summed E-state index contributed by atoms with van der Waals surface area (Å²) in [6.07, 6.45) is 1.64. The molecule has 0 bridgehead atoms. The van der Waals surface area contributed by atoms with E-state index in [0.717, 1.165) is 0 Å². The van der Waals surface area contributed by atoms with Gasteiger partial charge in [-0.3, -0.25) is 4.79 Å². The number of hydrogen-bond donors (Lipinski definition) is 1. The van der Waals surface area contributed by atoms with Gasteiger partial charge in [-0.05, 0) is 18.2 Å². The van der Waals surface area contributed by atoms with Crippen LogP contribution in [0.1, 0.15) is 10.4 Å². The first-order valence-electron chi connectivity index (χ1n) is 5.89. The normalized spacial score (nSPS) is 10.2. The highest BCUT2D eigenvalue weighted by Crippen LogP contribution is 2.26. The average molecular weight is 294 g/mol. The SMILES string of the molecule is O=C(O)c1c(Cl)cccc1OCCn1ccccc1=O. The molecular weight excluding hydrogens is 282 g/mol. The van der Waals surface area contributed by atoms with Crippen molar-refractivity contribution in [3.63, 3.8) is 0 Å². The van der Waals surface area contributed by atoms with Crippen LogP contribution in [0, 0.1) is 0 Å². The monoisotopic (exact) mass is 293 g/mol. The van der Waals surface area contributed by atoms with Crippen molar-refractivity contribution >= 4 is 17.6 Å². The molecule has 2 rings (SSSR count). The Morgan fingerprint density at radius 1 is 1.25 bits per heavy atom. The van der Waals surface area contributed by atoms with Crippen molar-refractivity contribution in [3.05, 3.63) is 63.5 Å². The number of carboxylic acid groups (broad SMARTS) is 1. The highest BCUT2D eigenvalue weighted by Gasteiger charge is 2.15. The van der Waals surface area contributed by atoms with E-state index in [2.05, 4.69) is 0 Å². The highest BCUT2D eigenvalue weighted by molar-refractivity contribution is 6.33. The Balaban J connectivity index is 2.09. The molecule has 1 aromatic heterocycles. The molecule has 6 heteroatoms. The predicted octanol–water partition coefficient (Wildman–Crippen LogP) is 2.28. The number of hydrogen-bond acceptors (Lipinski definition) is 3. The minimum absolute atomic E-state index is 0.0745. The number of aromatic nitrogens is 1. The predicted molar refractivity (Wildman–Crippen MR) is 74.6 cm³/mol. The summed E-state index contributed by atoms with van der Waals surface area (Å²) in [5, 5.41) is 9.20. The Labute approximate surface area is 120 Å². The molecule has 104 valence electrons. The number of pyridine rings is 1. The maximum atomic E-state index is 11.5. The molecule has 0 radical (unpaired) electrons. The van der Waals surface area contributed by atoms with Gasteiger partial charge in [0.1, 0.15) is 17.9 Å². The third-order valence-corrected chi connectivity index (χ3v) is 2.99. The molecule has 1 heterocycles. The third kappa shape index (κ3) is 3.19. The van der Waals surface area contributed by atoms with Gasteiger partial charge >= 0.3 is 5.97 Å². The van der Waals surface area contributed by atoms with Crippen LogP contribution < -0.4 is 10.3 Å². The van der Waals surface area contributed by atoms with Crippen molar-refractivity contribution in [2.24, 2.45) is 0 Å². The number of nitrogens with zero attached hydrogens (tertiary/aromatic N) is 1. The minimum Gasteiger partial charge on any atom is -0.491 e. The lowest BCUT2D eigenvalue weighted by Gasteiger charge is -2.11. The van der Waals surface area contributed by atoms with Gasteiger partial charge in [0.05, 0.1) is 11.6 Å². The van der Waals surface area contributed by atoms with Gasteiger partial charge in [-0.1, -0.05) is 23.7 Å². The van der Waals surface area contributed by atoms with Gasteiger partial charge in [-0.15, -0.1) is 0 Å². The zero-order chi connectivity index (χ0) is 14.5. The molecule has 0 aliphatic carbocycles. The van der Waals surface area contributed by atoms with E-state index in [4.69, 9.17) is 21.4 Å². The average Bonchev–Trinajstić information content (AvgIpc) is 2.40. The maximum absolute atomic E-state index is 11.5. The molecular formula is C14H12ClNO4. The molecule has 5 nitrogen and oxygen atoms in total. The van der Waals surface area contributed by atoms with Crippen LogP contribution in [0.4, 0.5) is 0 Å². The van der Waals surface area contributed by atoms with Gasteiger partial charge in [-0.2, -0.15) is 0 Å². The third-order valence-electron chi connectivity index (χ3n) is 2.68. The zero-order valence-electron chi connectivity index (χ0n) is 10.5. The van der Waals surface area contributed by atoms with Crippen LogP contribution in [0.2, 0.25) is 5.02 Å². The van der Waals surface area contributed by atoms with Crippen LogP contribution in [-0.2, 0) is 6.54 Å². The van der Waals surface area contributed by atoms with E-state index in [1.165, 1.54) is 22.8 Å². The van der Waals surface area contributed by atoms with Gasteiger partial charge in [0.15, 0.2) is 0 Å². The molecule has 0 fully saturated rings. The zero-order valence-corrected chi connectivity index (χ0v) is 11.2. The van der Waals surface area contributed by atoms with Crippen molar-refractivity contribution < 1.29 is 14.6 Å². The molecule has 0 amide bonds. The molecule has 1 N–H and O–H groups in total. The lowest BCUT2D eigenvalue weighted by Crippen LogP contribution is -2.21. The second-order valence-corrected chi connectivity index (χ2v) is 4.41. The molecule has 0 aliphatic heterocycles. The number of aromatic carboxylic acids is 1. The number of halogens is 1. The van der Waals surface area contributed by atoms with Crippen molar-refractivity contribution in [3.8, 4) is 5.75 Å². The largest absolute Gasteiger partial charge is 0.491 e. The quantitative estimate of drug-likeness (QED) is 0.918. The number of ether oxygens (including phenoxy) is 1. The topological polar surface area (TPSA) is 68.5 Å². The lowest BCUT2D eigenvalue weighted by atomic mass is 10.2. The molecule has 2 aromatic rings. The summed E-state index contributed by atoms with van der Waals surface area (Å²) in [5.41, 5.74) is -0.213. The summed E-state index contributed by atoms with van der Waals surface area (Å²) in [5.74, 6) is -0.962. The Hall–Kier alpha value is -2.27. The molecule has 0 atom stereocenters. The van der Waals surface area contributed by atoms with Crippen LogP contribution in [-0.4, -0.2) is 22.2 Å². The van der Waals surface area contributed by atoms with Crippen LogP contribution in [0.5, 0.6) is 5.75 Å². The fourth-order valence-electron chi connectivity index (χ4n) is 1.73. The Morgan fingerprint density at radius 2 is 2.05 bits per heavy atom. The summed E-state index contributed by atoms with van der Waals surface area (Å²) in [4.78, 5) is 22.6. The first-order valence-corrected chi connectivity index (χ1v) is 6.27. The first kappa shape index (κ1) is 14.1. The lowest BCUT2D eigenvalue weighted by molar-refractivity contribution is 0.0692. The molecule has 20 heavy (non-hydrogen) atoms. The fourth-order valence-corrected chi connectivity index (χ4v) is 1.98. The maximum Gasteiger partial charge on any atom is 0.341 e. The van der Waals surface area contributed by atoms with Crippen LogP contribution in [0.3, 0.4) is 0 Å². The van der Waals surface area contributed by atoms with Gasteiger partial charge in [-0.25, -0.2) is 4.79 Å². The summed E-state index contributed by atoms with van der Waals surface area (Å²) in [6, 6.07) is 9.46. The van der Waals surface area contributed by atoms with Crippen molar-refractivity contribution in [1.82, 2.24) is 4.57 Å². The minimum atomic E-state index is -1.15. The highest BCUT2D eigenvalue weighted by atomic mass is 35.5. The second kappa shape index (κ2) is 6.25. The van der Waals surface area contributed by atoms with Gasteiger partial charge in [0.25, 0.3) is 5.56 Å². The van der Waals surface area contributed by atoms with Crippen molar-refractivity contribution in [1.29, 1.82) is 0 Å². The van der Waals surface area contributed by atoms with E-state index >= 15 is 0 Å². The molecule has 0 spiro atoms. The number of benzene rings is 1. The Morgan fingerprint density at radius 3 is 2.75 bits per heavy atom. The molecule has 0 saturated carbocycles. The smallest absolute Gasteiger partial charge is 0.341 e. The fraction of sp³-hybridized carbons (Fsp3) is 0.143. The number of rotatable bonds is 5. The second-order valence-electron chi connectivity index (χ2n) is 4.00. The summed E-state index contributed by atoms with van der Waals surface area (Å²) in [6.45, 7) is 0.496. The van der Waals surface area contributed by atoms with Crippen LogP contribution in [0.15, 0.2) is 47.4 Å². The van der Waals surface area contributed by atoms with E-state index in [1.54, 1.807) is 24.4 Å². The summed E-state index contributed by atoms with van der Waals surface area (Å²) >= 11 is 5.83.